The second kappa shape index (κ2) is 6.36. The minimum atomic E-state index is 0.563. The van der Waals surface area contributed by atoms with Gasteiger partial charge in [0.05, 0.1) is 11.4 Å². The minimum Gasteiger partial charge on any atom is -0.305 e. The number of hydrogen-bond acceptors (Lipinski definition) is 2. The molecule has 1 atom stereocenters. The van der Waals surface area contributed by atoms with E-state index in [1.54, 1.807) is 0 Å². The summed E-state index contributed by atoms with van der Waals surface area (Å²) in [6.07, 6.45) is 6.07. The molecule has 0 N–H and O–H groups in total. The van der Waals surface area contributed by atoms with Crippen molar-refractivity contribution in [1.29, 1.82) is 0 Å². The van der Waals surface area contributed by atoms with Gasteiger partial charge in [-0.2, -0.15) is 5.10 Å². The molecule has 3 heteroatoms. The van der Waals surface area contributed by atoms with E-state index in [4.69, 9.17) is 5.10 Å². The molecule has 1 unspecified atom stereocenters. The summed E-state index contributed by atoms with van der Waals surface area (Å²) in [5.41, 5.74) is 7.01. The average molecular weight is 323 g/mol. The maximum atomic E-state index is 5.06. The Labute approximate surface area is 145 Å². The molecule has 0 saturated heterocycles. The lowest BCUT2D eigenvalue weighted by Gasteiger charge is -2.18. The Morgan fingerprint density at radius 3 is 2.58 bits per heavy atom. The summed E-state index contributed by atoms with van der Waals surface area (Å²) in [7, 11) is 2.23. The average Bonchev–Trinajstić information content (AvgIpc) is 3.37. The summed E-state index contributed by atoms with van der Waals surface area (Å²) < 4.78 is 2.24. The molecule has 128 valence electrons. The molecule has 2 aromatic rings. The molecule has 1 fully saturated rings. The largest absolute Gasteiger partial charge is 0.305 e. The molecule has 0 bridgehead atoms. The van der Waals surface area contributed by atoms with E-state index in [0.29, 0.717) is 5.92 Å². The zero-order valence-electron chi connectivity index (χ0n) is 15.3. The van der Waals surface area contributed by atoms with Crippen molar-refractivity contribution in [2.24, 2.45) is 0 Å². The normalized spacial score (nSPS) is 21.5. The molecule has 1 aromatic carbocycles. The maximum Gasteiger partial charge on any atom is 0.0679 e. The van der Waals surface area contributed by atoms with Crippen molar-refractivity contribution in [3.8, 4) is 5.69 Å². The summed E-state index contributed by atoms with van der Waals surface area (Å²) in [5, 5.41) is 5.06. The minimum absolute atomic E-state index is 0.563. The van der Waals surface area contributed by atoms with Gasteiger partial charge in [0.25, 0.3) is 0 Å². The fourth-order valence-corrected chi connectivity index (χ4v) is 4.21. The molecule has 1 aliphatic heterocycles. The molecular formula is C21H29N3. The van der Waals surface area contributed by atoms with Crippen LogP contribution < -0.4 is 0 Å². The molecule has 1 aromatic heterocycles. The topological polar surface area (TPSA) is 21.1 Å². The first-order valence-electron chi connectivity index (χ1n) is 9.57. The third kappa shape index (κ3) is 2.90. The van der Waals surface area contributed by atoms with Gasteiger partial charge in [0.15, 0.2) is 0 Å². The molecule has 24 heavy (non-hydrogen) atoms. The highest BCUT2D eigenvalue weighted by Gasteiger charge is 2.27. The van der Waals surface area contributed by atoms with Gasteiger partial charge in [0.2, 0.25) is 0 Å². The van der Waals surface area contributed by atoms with Crippen molar-refractivity contribution < 1.29 is 0 Å². The van der Waals surface area contributed by atoms with Crippen LogP contribution in [-0.4, -0.2) is 34.8 Å². The summed E-state index contributed by atoms with van der Waals surface area (Å²) in [4.78, 5) is 2.44. The molecule has 1 aliphatic carbocycles. The van der Waals surface area contributed by atoms with Crippen molar-refractivity contribution in [3.63, 3.8) is 0 Å². The monoisotopic (exact) mass is 323 g/mol. The van der Waals surface area contributed by atoms with Crippen LogP contribution in [0.2, 0.25) is 0 Å². The number of fused-ring (bicyclic) bond motifs is 1. The summed E-state index contributed by atoms with van der Waals surface area (Å²) >= 11 is 0. The van der Waals surface area contributed by atoms with E-state index in [2.05, 4.69) is 54.7 Å². The summed E-state index contributed by atoms with van der Waals surface area (Å²) in [5.74, 6) is 1.38. The van der Waals surface area contributed by atoms with Crippen LogP contribution in [0.3, 0.4) is 0 Å². The van der Waals surface area contributed by atoms with Gasteiger partial charge in [0, 0.05) is 30.8 Å². The molecule has 0 amide bonds. The van der Waals surface area contributed by atoms with E-state index in [1.807, 2.05) is 0 Å². The van der Waals surface area contributed by atoms with Crippen molar-refractivity contribution >= 4 is 0 Å². The maximum absolute atomic E-state index is 5.06. The van der Waals surface area contributed by atoms with Crippen LogP contribution >= 0.6 is 0 Å². The van der Waals surface area contributed by atoms with E-state index >= 15 is 0 Å². The van der Waals surface area contributed by atoms with Gasteiger partial charge >= 0.3 is 0 Å². The highest BCUT2D eigenvalue weighted by atomic mass is 15.3. The van der Waals surface area contributed by atoms with E-state index in [9.17, 15) is 0 Å². The molecule has 2 aliphatic rings. The smallest absolute Gasteiger partial charge is 0.0679 e. The fraction of sp³-hybridized carbons (Fsp3) is 0.571. The second-order valence-electron chi connectivity index (χ2n) is 7.75. The van der Waals surface area contributed by atoms with Crippen LogP contribution in [0.5, 0.6) is 0 Å². The van der Waals surface area contributed by atoms with Crippen molar-refractivity contribution in [1.82, 2.24) is 14.7 Å². The van der Waals surface area contributed by atoms with Gasteiger partial charge in [-0.05, 0) is 55.8 Å². The zero-order valence-corrected chi connectivity index (χ0v) is 15.3. The quantitative estimate of drug-likeness (QED) is 0.837. The van der Waals surface area contributed by atoms with E-state index in [1.165, 1.54) is 47.5 Å². The van der Waals surface area contributed by atoms with Crippen molar-refractivity contribution in [2.75, 3.05) is 20.1 Å². The Hall–Kier alpha value is -1.61. The Bertz CT molecular complexity index is 709. The zero-order chi connectivity index (χ0) is 16.7. The standard InChI is InChI=1S/C21H29N3/c1-4-5-20-21-15(2)14-23(3)13-12-19(21)22-24(20)18-10-8-17(9-11-18)16-6-7-16/h8-11,15-16H,4-7,12-14H2,1-3H3. The van der Waals surface area contributed by atoms with Crippen LogP contribution in [0.1, 0.15) is 67.5 Å². The lowest BCUT2D eigenvalue weighted by Crippen LogP contribution is -2.23. The van der Waals surface area contributed by atoms with E-state index < -0.39 is 0 Å². The molecule has 3 nitrogen and oxygen atoms in total. The highest BCUT2D eigenvalue weighted by molar-refractivity contribution is 5.42. The van der Waals surface area contributed by atoms with Crippen LogP contribution in [0.25, 0.3) is 5.69 Å². The fourth-order valence-electron chi connectivity index (χ4n) is 4.21. The first-order valence-corrected chi connectivity index (χ1v) is 9.57. The van der Waals surface area contributed by atoms with Gasteiger partial charge in [-0.25, -0.2) is 4.68 Å². The molecule has 0 spiro atoms. The molecular weight excluding hydrogens is 294 g/mol. The predicted octanol–water partition coefficient (Wildman–Crippen LogP) is 4.29. The second-order valence-corrected chi connectivity index (χ2v) is 7.75. The molecule has 1 saturated carbocycles. The van der Waals surface area contributed by atoms with Gasteiger partial charge in [-0.15, -0.1) is 0 Å². The molecule has 2 heterocycles. The summed E-state index contributed by atoms with van der Waals surface area (Å²) in [6.45, 7) is 6.88. The van der Waals surface area contributed by atoms with Crippen LogP contribution in [0.15, 0.2) is 24.3 Å². The predicted molar refractivity (Wildman–Crippen MR) is 99.2 cm³/mol. The van der Waals surface area contributed by atoms with Gasteiger partial charge < -0.3 is 4.90 Å². The third-order valence-electron chi connectivity index (χ3n) is 5.58. The highest BCUT2D eigenvalue weighted by Crippen LogP contribution is 2.40. The third-order valence-corrected chi connectivity index (χ3v) is 5.58. The lowest BCUT2D eigenvalue weighted by atomic mass is 9.96. The van der Waals surface area contributed by atoms with Crippen LogP contribution in [-0.2, 0) is 12.8 Å². The molecule has 0 radical (unpaired) electrons. The van der Waals surface area contributed by atoms with E-state index in [-0.39, 0.29) is 0 Å². The first-order chi connectivity index (χ1) is 11.7. The van der Waals surface area contributed by atoms with Gasteiger partial charge in [0.1, 0.15) is 0 Å². The Morgan fingerprint density at radius 2 is 1.92 bits per heavy atom. The number of aromatic nitrogens is 2. The lowest BCUT2D eigenvalue weighted by molar-refractivity contribution is 0.330. The Balaban J connectivity index is 1.74. The van der Waals surface area contributed by atoms with Crippen molar-refractivity contribution in [3.05, 3.63) is 46.8 Å². The summed E-state index contributed by atoms with van der Waals surface area (Å²) in [6, 6.07) is 9.17. The Kier molecular flexibility index (Phi) is 4.21. The van der Waals surface area contributed by atoms with Crippen molar-refractivity contribution in [2.45, 2.75) is 57.8 Å². The van der Waals surface area contributed by atoms with E-state index in [0.717, 1.165) is 31.8 Å². The van der Waals surface area contributed by atoms with Crippen LogP contribution in [0.4, 0.5) is 0 Å². The number of likely N-dealkylation sites (N-methyl/N-ethyl adjacent to an activating group) is 1. The number of hydrogen-bond donors (Lipinski definition) is 0. The molecule has 4 rings (SSSR count). The van der Waals surface area contributed by atoms with Gasteiger partial charge in [-0.3, -0.25) is 0 Å². The number of nitrogens with zero attached hydrogens (tertiary/aromatic N) is 3. The SMILES string of the molecule is CCCc1c2c(nn1-c1ccc(C3CC3)cc1)CCN(C)CC2C. The first kappa shape index (κ1) is 15.9. The van der Waals surface area contributed by atoms with Gasteiger partial charge in [-0.1, -0.05) is 32.4 Å². The Morgan fingerprint density at radius 1 is 1.17 bits per heavy atom. The van der Waals surface area contributed by atoms with Crippen LogP contribution in [0, 0.1) is 0 Å². The number of benzene rings is 1. The number of rotatable bonds is 4.